The van der Waals surface area contributed by atoms with Crippen LogP contribution < -0.4 is 4.74 Å². The number of ether oxygens (including phenoxy) is 1. The fourth-order valence-electron chi connectivity index (χ4n) is 8.00. The molecule has 3 aromatic carbocycles. The van der Waals surface area contributed by atoms with Crippen molar-refractivity contribution in [3.63, 3.8) is 0 Å². The minimum Gasteiger partial charge on any atom is -0.497 e. The highest BCUT2D eigenvalue weighted by atomic mass is 16.5. The van der Waals surface area contributed by atoms with E-state index in [4.69, 9.17) is 24.7 Å². The molecule has 0 unspecified atom stereocenters. The van der Waals surface area contributed by atoms with Gasteiger partial charge in [-0.3, -0.25) is 0 Å². The minimum atomic E-state index is -1.08. The van der Waals surface area contributed by atoms with E-state index in [0.717, 1.165) is 78.8 Å². The minimum absolute atomic E-state index is 0.0898. The smallest absolute Gasteiger partial charge is 0.336 e. The Morgan fingerprint density at radius 1 is 0.566 bits per heavy atom. The van der Waals surface area contributed by atoms with Gasteiger partial charge in [-0.1, -0.05) is 35.4 Å². The highest BCUT2D eigenvalue weighted by Gasteiger charge is 2.29. The molecule has 5 aliphatic heterocycles. The molecule has 0 saturated heterocycles. The van der Waals surface area contributed by atoms with Gasteiger partial charge in [-0.25, -0.2) is 24.8 Å². The van der Waals surface area contributed by atoms with E-state index in [-0.39, 0.29) is 5.56 Å². The topological polar surface area (TPSA) is 96.0 Å². The maximum absolute atomic E-state index is 12.9. The molecule has 0 aromatic heterocycles. The average Bonchev–Trinajstić information content (AvgIpc) is 3.94. The van der Waals surface area contributed by atoms with Gasteiger partial charge in [0.05, 0.1) is 58.3 Å². The molecule has 0 radical (unpaired) electrons. The Kier molecular flexibility index (Phi) is 8.22. The van der Waals surface area contributed by atoms with Gasteiger partial charge >= 0.3 is 5.97 Å². The summed E-state index contributed by atoms with van der Waals surface area (Å²) in [5, 5.41) is 10.5. The zero-order valence-electron chi connectivity index (χ0n) is 30.8. The molecule has 3 aromatic rings. The van der Waals surface area contributed by atoms with Crippen molar-refractivity contribution in [2.24, 2.45) is 20.0 Å². The third-order valence-corrected chi connectivity index (χ3v) is 10.0. The van der Waals surface area contributed by atoms with Gasteiger partial charge in [-0.2, -0.15) is 0 Å². The van der Waals surface area contributed by atoms with E-state index < -0.39 is 5.97 Å². The SMILES string of the molecule is COc1ccc(C2=C3C=CC(=N3)C(c3c(C)cc(C)cc3C)=C3C=CC(=N3)C=C3C=CC(=N3)C(c3c(C)cc(C)cc3C)=C3C=CC2=N3)c(C(=O)O)c1. The first-order chi connectivity index (χ1) is 25.5. The number of allylic oxidation sites excluding steroid dienone is 12. The Bertz CT molecular complexity index is 2510. The highest BCUT2D eigenvalue weighted by molar-refractivity contribution is 6.38. The van der Waals surface area contributed by atoms with Crippen LogP contribution in [0.4, 0.5) is 0 Å². The molecule has 1 N–H and O–H groups in total. The van der Waals surface area contributed by atoms with Gasteiger partial charge in [-0.05, 0) is 148 Å². The molecule has 0 atom stereocenters. The molecular weight excluding hydrogens is 657 g/mol. The summed E-state index contributed by atoms with van der Waals surface area (Å²) < 4.78 is 5.45. The van der Waals surface area contributed by atoms with Crippen LogP contribution in [0.5, 0.6) is 5.75 Å². The van der Waals surface area contributed by atoms with Crippen LogP contribution in [0.1, 0.15) is 60.4 Å². The van der Waals surface area contributed by atoms with E-state index >= 15 is 0 Å². The maximum atomic E-state index is 12.9. The van der Waals surface area contributed by atoms with E-state index in [0.29, 0.717) is 28.3 Å². The van der Waals surface area contributed by atoms with E-state index in [1.165, 1.54) is 18.2 Å². The lowest BCUT2D eigenvalue weighted by Gasteiger charge is -2.17. The van der Waals surface area contributed by atoms with Crippen molar-refractivity contribution in [3.8, 4) is 5.75 Å². The molecule has 5 aliphatic rings. The summed E-state index contributed by atoms with van der Waals surface area (Å²) in [5.74, 6) is -0.631. The first-order valence-electron chi connectivity index (χ1n) is 17.6. The number of fused-ring (bicyclic) bond motifs is 4. The molecule has 0 fully saturated rings. The van der Waals surface area contributed by atoms with Crippen LogP contribution in [-0.2, 0) is 0 Å². The summed E-state index contributed by atoms with van der Waals surface area (Å²) in [6.07, 6.45) is 18.0. The number of hydrogen-bond acceptors (Lipinski definition) is 6. The van der Waals surface area contributed by atoms with Crippen molar-refractivity contribution < 1.29 is 14.6 Å². The van der Waals surface area contributed by atoms with Crippen LogP contribution in [0.3, 0.4) is 0 Å². The van der Waals surface area contributed by atoms with Gasteiger partial charge < -0.3 is 9.84 Å². The molecule has 53 heavy (non-hydrogen) atoms. The van der Waals surface area contributed by atoms with Gasteiger partial charge in [0.25, 0.3) is 0 Å². The van der Waals surface area contributed by atoms with Crippen molar-refractivity contribution in [2.45, 2.75) is 41.5 Å². The summed E-state index contributed by atoms with van der Waals surface area (Å²) in [5.41, 5.74) is 17.8. The first kappa shape index (κ1) is 33.7. The molecule has 5 heterocycles. The molecule has 0 spiro atoms. The average molecular weight is 695 g/mol. The van der Waals surface area contributed by atoms with Crippen molar-refractivity contribution in [1.29, 1.82) is 0 Å². The van der Waals surface area contributed by atoms with E-state index in [9.17, 15) is 9.90 Å². The third-order valence-electron chi connectivity index (χ3n) is 10.0. The Labute approximate surface area is 309 Å². The molecule has 0 amide bonds. The number of carbonyl (C=O) groups is 1. The molecule has 7 heteroatoms. The molecule has 8 bridgehead atoms. The van der Waals surface area contributed by atoms with Gasteiger partial charge in [-0.15, -0.1) is 0 Å². The lowest BCUT2D eigenvalue weighted by atomic mass is 9.90. The van der Waals surface area contributed by atoms with Crippen molar-refractivity contribution in [1.82, 2.24) is 0 Å². The standard InChI is InChI=1S/C46H38N4O3/c1-24-18-26(3)41(27(4)19-24)44-37-12-8-30(47-37)22-31-9-13-38(48-31)45(42-28(5)20-25(2)21-29(42)6)40-17-15-36(50-40)43(35-14-16-39(44)49-35)33-11-10-32(53-7)23-34(33)46(51)52/h8-23H,1-7H3,(H,51,52). The van der Waals surface area contributed by atoms with Crippen LogP contribution in [0.15, 0.2) is 140 Å². The van der Waals surface area contributed by atoms with Gasteiger partial charge in [0.15, 0.2) is 0 Å². The number of aliphatic imine (C=N–C) groups is 4. The van der Waals surface area contributed by atoms with Gasteiger partial charge in [0, 0.05) is 22.3 Å². The lowest BCUT2D eigenvalue weighted by Crippen LogP contribution is -2.09. The fraction of sp³-hybridized carbons (Fsp3) is 0.152. The van der Waals surface area contributed by atoms with Gasteiger partial charge in [0.2, 0.25) is 0 Å². The molecule has 260 valence electrons. The number of aryl methyl sites for hydroxylation is 6. The molecule has 0 saturated carbocycles. The normalized spacial score (nSPS) is 17.2. The van der Waals surface area contributed by atoms with Crippen LogP contribution in [0.25, 0.3) is 16.7 Å². The lowest BCUT2D eigenvalue weighted by molar-refractivity contribution is 0.0696. The van der Waals surface area contributed by atoms with E-state index in [2.05, 4.69) is 65.8 Å². The van der Waals surface area contributed by atoms with Crippen molar-refractivity contribution in [2.75, 3.05) is 7.11 Å². The monoisotopic (exact) mass is 694 g/mol. The largest absolute Gasteiger partial charge is 0.497 e. The van der Waals surface area contributed by atoms with Crippen LogP contribution in [-0.4, -0.2) is 41.0 Å². The maximum Gasteiger partial charge on any atom is 0.336 e. The van der Waals surface area contributed by atoms with E-state index in [1.807, 2.05) is 54.7 Å². The molecule has 8 rings (SSSR count). The zero-order valence-corrected chi connectivity index (χ0v) is 30.8. The van der Waals surface area contributed by atoms with Crippen molar-refractivity contribution >= 4 is 45.5 Å². The van der Waals surface area contributed by atoms with Crippen LogP contribution in [0.2, 0.25) is 0 Å². The first-order valence-corrected chi connectivity index (χ1v) is 17.6. The number of aromatic carboxylic acids is 1. The Morgan fingerprint density at radius 3 is 1.62 bits per heavy atom. The number of rotatable bonds is 5. The second-order valence-corrected chi connectivity index (χ2v) is 14.0. The van der Waals surface area contributed by atoms with E-state index in [1.54, 1.807) is 18.2 Å². The third kappa shape index (κ3) is 5.94. The van der Waals surface area contributed by atoms with Crippen LogP contribution in [0, 0.1) is 41.5 Å². The fourth-order valence-corrected chi connectivity index (χ4v) is 8.00. The second-order valence-electron chi connectivity index (χ2n) is 14.0. The molecule has 7 nitrogen and oxygen atoms in total. The predicted octanol–water partition coefficient (Wildman–Crippen LogP) is 9.72. The summed E-state index contributed by atoms with van der Waals surface area (Å²) in [4.78, 5) is 33.7. The van der Waals surface area contributed by atoms with Crippen LogP contribution >= 0.6 is 0 Å². The predicted molar refractivity (Wildman–Crippen MR) is 216 cm³/mol. The summed E-state index contributed by atoms with van der Waals surface area (Å²) in [6, 6.07) is 13.8. The zero-order chi connectivity index (χ0) is 37.1. The van der Waals surface area contributed by atoms with Crippen molar-refractivity contribution in [3.05, 3.63) is 176 Å². The Balaban J connectivity index is 1.48. The number of benzene rings is 3. The summed E-state index contributed by atoms with van der Waals surface area (Å²) in [7, 11) is 1.53. The number of carboxylic acid groups (broad SMARTS) is 1. The molecule has 0 aliphatic carbocycles. The van der Waals surface area contributed by atoms with Gasteiger partial charge in [0.1, 0.15) is 5.75 Å². The summed E-state index contributed by atoms with van der Waals surface area (Å²) >= 11 is 0. The number of nitrogens with zero attached hydrogens (tertiary/aromatic N) is 4. The number of methoxy groups -OCH3 is 1. The summed E-state index contributed by atoms with van der Waals surface area (Å²) in [6.45, 7) is 12.7. The second kappa shape index (κ2) is 12.9. The number of carboxylic acids is 1. The Morgan fingerprint density at radius 2 is 1.06 bits per heavy atom. The Hall–Kier alpha value is -6.47. The molecular formula is C46H38N4O3. The quantitative estimate of drug-likeness (QED) is 0.288. The highest BCUT2D eigenvalue weighted by Crippen LogP contribution is 2.40. The number of hydrogen-bond donors (Lipinski definition) is 1.